The zero-order valence-electron chi connectivity index (χ0n) is 11.5. The molecule has 19 heavy (non-hydrogen) atoms. The normalized spacial score (nSPS) is 11.6. The highest BCUT2D eigenvalue weighted by atomic mass is 32.2. The maximum absolute atomic E-state index is 12.3. The van der Waals surface area contributed by atoms with E-state index >= 15 is 0 Å². The van der Waals surface area contributed by atoms with E-state index in [1.165, 1.54) is 18.2 Å². The predicted octanol–water partition coefficient (Wildman–Crippen LogP) is 1.45. The third-order valence-corrected chi connectivity index (χ3v) is 3.57. The lowest BCUT2D eigenvalue weighted by Gasteiger charge is -2.23. The first-order chi connectivity index (χ1) is 8.75. The molecule has 6 heteroatoms. The molecule has 0 aliphatic heterocycles. The van der Waals surface area contributed by atoms with Crippen molar-refractivity contribution >= 4 is 15.9 Å². The van der Waals surface area contributed by atoms with Gasteiger partial charge in [-0.1, -0.05) is 19.9 Å². The highest BCUT2D eigenvalue weighted by molar-refractivity contribution is 7.89. The van der Waals surface area contributed by atoms with Gasteiger partial charge in [0.1, 0.15) is 0 Å². The van der Waals surface area contributed by atoms with Crippen molar-refractivity contribution in [1.29, 1.82) is 0 Å². The molecule has 0 radical (unpaired) electrons. The van der Waals surface area contributed by atoms with Gasteiger partial charge in [0.15, 0.2) is 0 Å². The summed E-state index contributed by atoms with van der Waals surface area (Å²) in [6.07, 6.45) is 0. The van der Waals surface area contributed by atoms with Gasteiger partial charge in [-0.05, 0) is 31.0 Å². The number of primary sulfonamides is 1. The van der Waals surface area contributed by atoms with Gasteiger partial charge >= 0.3 is 0 Å². The summed E-state index contributed by atoms with van der Waals surface area (Å²) in [6.45, 7) is 7.16. The van der Waals surface area contributed by atoms with Crippen LogP contribution in [-0.4, -0.2) is 32.3 Å². The van der Waals surface area contributed by atoms with Crippen LogP contribution in [0.4, 0.5) is 0 Å². The first-order valence-electron chi connectivity index (χ1n) is 6.17. The largest absolute Gasteiger partial charge is 0.339 e. The minimum atomic E-state index is -3.79. The molecule has 0 spiro atoms. The number of nitrogens with two attached hydrogens (primary N) is 1. The summed E-state index contributed by atoms with van der Waals surface area (Å²) in [4.78, 5) is 13.9. The molecule has 0 saturated heterocycles. The Morgan fingerprint density at radius 2 is 2.00 bits per heavy atom. The maximum atomic E-state index is 12.3. The van der Waals surface area contributed by atoms with Crippen molar-refractivity contribution in [1.82, 2.24) is 4.90 Å². The number of nitrogens with zero attached hydrogens (tertiary/aromatic N) is 1. The number of sulfonamides is 1. The summed E-state index contributed by atoms with van der Waals surface area (Å²) >= 11 is 0. The van der Waals surface area contributed by atoms with Crippen LogP contribution >= 0.6 is 0 Å². The molecular formula is C13H20N2O3S. The first-order valence-corrected chi connectivity index (χ1v) is 7.72. The molecule has 0 fully saturated rings. The van der Waals surface area contributed by atoms with Gasteiger partial charge in [0.05, 0.1) is 4.90 Å². The van der Waals surface area contributed by atoms with E-state index in [0.717, 1.165) is 0 Å². The van der Waals surface area contributed by atoms with E-state index in [2.05, 4.69) is 0 Å². The molecule has 0 saturated carbocycles. The summed E-state index contributed by atoms with van der Waals surface area (Å²) < 4.78 is 22.6. The highest BCUT2D eigenvalue weighted by Crippen LogP contribution is 2.13. The molecule has 0 atom stereocenters. The van der Waals surface area contributed by atoms with Crippen molar-refractivity contribution < 1.29 is 13.2 Å². The Labute approximate surface area is 114 Å². The molecule has 0 unspecified atom stereocenters. The molecule has 0 aliphatic rings. The van der Waals surface area contributed by atoms with E-state index in [4.69, 9.17) is 5.14 Å². The van der Waals surface area contributed by atoms with E-state index < -0.39 is 10.0 Å². The van der Waals surface area contributed by atoms with E-state index in [1.54, 1.807) is 11.0 Å². The minimum Gasteiger partial charge on any atom is -0.339 e. The summed E-state index contributed by atoms with van der Waals surface area (Å²) in [7, 11) is -3.79. The fourth-order valence-electron chi connectivity index (χ4n) is 1.79. The van der Waals surface area contributed by atoms with Crippen LogP contribution in [0.5, 0.6) is 0 Å². The molecule has 1 aromatic rings. The maximum Gasteiger partial charge on any atom is 0.253 e. The number of benzene rings is 1. The van der Waals surface area contributed by atoms with E-state index in [-0.39, 0.29) is 10.8 Å². The van der Waals surface area contributed by atoms with Crippen molar-refractivity contribution in [2.24, 2.45) is 11.1 Å². The Hall–Kier alpha value is -1.40. The number of amides is 1. The average molecular weight is 284 g/mol. The first kappa shape index (κ1) is 15.7. The summed E-state index contributed by atoms with van der Waals surface area (Å²) in [5.41, 5.74) is 0.342. The van der Waals surface area contributed by atoms with Gasteiger partial charge < -0.3 is 4.90 Å². The molecule has 0 aliphatic carbocycles. The summed E-state index contributed by atoms with van der Waals surface area (Å²) in [6, 6.07) is 5.82. The van der Waals surface area contributed by atoms with E-state index in [0.29, 0.717) is 24.6 Å². The van der Waals surface area contributed by atoms with Gasteiger partial charge in [0.25, 0.3) is 5.91 Å². The Morgan fingerprint density at radius 1 is 1.37 bits per heavy atom. The number of hydrogen-bond acceptors (Lipinski definition) is 3. The quantitative estimate of drug-likeness (QED) is 0.888. The van der Waals surface area contributed by atoms with Crippen LogP contribution in [0, 0.1) is 5.92 Å². The lowest BCUT2D eigenvalue weighted by Crippen LogP contribution is -2.34. The Balaban J connectivity index is 3.06. The Bertz CT molecular complexity index is 553. The summed E-state index contributed by atoms with van der Waals surface area (Å²) in [5.74, 6) is 0.173. The molecule has 2 N–H and O–H groups in total. The minimum absolute atomic E-state index is 0.0426. The molecule has 0 bridgehead atoms. The van der Waals surface area contributed by atoms with Gasteiger partial charge in [0.2, 0.25) is 10.0 Å². The van der Waals surface area contributed by atoms with Gasteiger partial charge in [-0.25, -0.2) is 13.6 Å². The number of carbonyl (C=O) groups is 1. The van der Waals surface area contributed by atoms with E-state index in [9.17, 15) is 13.2 Å². The van der Waals surface area contributed by atoms with Crippen LogP contribution in [0.3, 0.4) is 0 Å². The molecule has 5 nitrogen and oxygen atoms in total. The second-order valence-corrected chi connectivity index (χ2v) is 6.37. The van der Waals surface area contributed by atoms with Crippen LogP contribution in [0.25, 0.3) is 0 Å². The average Bonchev–Trinajstić information content (AvgIpc) is 2.34. The third kappa shape index (κ3) is 4.33. The molecular weight excluding hydrogens is 264 g/mol. The molecule has 106 valence electrons. The van der Waals surface area contributed by atoms with Crippen molar-refractivity contribution in [2.75, 3.05) is 13.1 Å². The second-order valence-electron chi connectivity index (χ2n) is 4.81. The number of hydrogen-bond donors (Lipinski definition) is 1. The second kappa shape index (κ2) is 6.16. The number of carbonyl (C=O) groups excluding carboxylic acids is 1. The molecule has 0 aromatic heterocycles. The standard InChI is InChI=1S/C13H20N2O3S/c1-4-15(9-10(2)3)13(16)11-6-5-7-12(8-11)19(14,17)18/h5-8,10H,4,9H2,1-3H3,(H2,14,17,18). The van der Waals surface area contributed by atoms with Crippen LogP contribution in [0.2, 0.25) is 0 Å². The predicted molar refractivity (Wildman–Crippen MR) is 74.2 cm³/mol. The molecule has 0 heterocycles. The Kier molecular flexibility index (Phi) is 5.08. The lowest BCUT2D eigenvalue weighted by molar-refractivity contribution is 0.0745. The van der Waals surface area contributed by atoms with Gasteiger partial charge in [-0.3, -0.25) is 4.79 Å². The SMILES string of the molecule is CCN(CC(C)C)C(=O)c1cccc(S(N)(=O)=O)c1. The lowest BCUT2D eigenvalue weighted by atomic mass is 10.1. The van der Waals surface area contributed by atoms with Gasteiger partial charge in [-0.2, -0.15) is 0 Å². The molecule has 1 amide bonds. The van der Waals surface area contributed by atoms with Gasteiger partial charge in [-0.15, -0.1) is 0 Å². The zero-order valence-corrected chi connectivity index (χ0v) is 12.3. The fraction of sp³-hybridized carbons (Fsp3) is 0.462. The smallest absolute Gasteiger partial charge is 0.253 e. The van der Waals surface area contributed by atoms with Crippen molar-refractivity contribution in [3.63, 3.8) is 0 Å². The Morgan fingerprint density at radius 3 is 2.47 bits per heavy atom. The van der Waals surface area contributed by atoms with E-state index in [1.807, 2.05) is 20.8 Å². The molecule has 1 aromatic carbocycles. The van der Waals surface area contributed by atoms with Crippen LogP contribution in [0.1, 0.15) is 31.1 Å². The van der Waals surface area contributed by atoms with Crippen LogP contribution in [0.15, 0.2) is 29.2 Å². The summed E-state index contributed by atoms with van der Waals surface area (Å²) in [5, 5.41) is 5.06. The fourth-order valence-corrected chi connectivity index (χ4v) is 2.34. The van der Waals surface area contributed by atoms with Crippen LogP contribution in [-0.2, 0) is 10.0 Å². The van der Waals surface area contributed by atoms with Crippen LogP contribution < -0.4 is 5.14 Å². The van der Waals surface area contributed by atoms with Gasteiger partial charge in [0, 0.05) is 18.7 Å². The third-order valence-electron chi connectivity index (χ3n) is 2.66. The zero-order chi connectivity index (χ0) is 14.6. The topological polar surface area (TPSA) is 80.5 Å². The number of rotatable bonds is 5. The van der Waals surface area contributed by atoms with Crippen molar-refractivity contribution in [3.8, 4) is 0 Å². The van der Waals surface area contributed by atoms with Crippen molar-refractivity contribution in [2.45, 2.75) is 25.7 Å². The molecule has 1 rings (SSSR count). The highest BCUT2D eigenvalue weighted by Gasteiger charge is 2.17. The monoisotopic (exact) mass is 284 g/mol. The van der Waals surface area contributed by atoms with Crippen molar-refractivity contribution in [3.05, 3.63) is 29.8 Å².